The van der Waals surface area contributed by atoms with Crippen molar-refractivity contribution in [3.05, 3.63) is 51.9 Å². The third kappa shape index (κ3) is 5.76. The van der Waals surface area contributed by atoms with Crippen LogP contribution in [0.3, 0.4) is 0 Å². The smallest absolute Gasteiger partial charge is 0.269 e. The van der Waals surface area contributed by atoms with Crippen LogP contribution in [0.5, 0.6) is 0 Å². The molecular weight excluding hydrogens is 360 g/mol. The van der Waals surface area contributed by atoms with Gasteiger partial charge in [-0.1, -0.05) is 24.9 Å². The number of nitrogens with two attached hydrogens (primary N) is 1. The molecular formula is C17H23ClN4O4. The highest BCUT2D eigenvalue weighted by Gasteiger charge is 2.12. The molecule has 0 unspecified atom stereocenters. The number of hydrogen-bond donors (Lipinski definition) is 2. The van der Waals surface area contributed by atoms with E-state index in [0.29, 0.717) is 34.2 Å². The number of aromatic nitrogens is 2. The highest BCUT2D eigenvalue weighted by atomic mass is 35.5. The molecule has 0 aliphatic heterocycles. The minimum Gasteiger partial charge on any atom is -0.438 e. The van der Waals surface area contributed by atoms with Gasteiger partial charge in [0.2, 0.25) is 5.71 Å². The van der Waals surface area contributed by atoms with E-state index in [1.165, 1.54) is 25.5 Å². The average Bonchev–Trinajstić information content (AvgIpc) is 3.10. The van der Waals surface area contributed by atoms with Gasteiger partial charge in [-0.25, -0.2) is 9.97 Å². The van der Waals surface area contributed by atoms with Crippen LogP contribution in [0.2, 0.25) is 5.15 Å². The molecule has 1 aromatic carbocycles. The first-order chi connectivity index (χ1) is 12.6. The number of unbranched alkanes of at least 4 members (excludes halogenated alkanes) is 1. The Morgan fingerprint density at radius 1 is 1.31 bits per heavy atom. The lowest BCUT2D eigenvalue weighted by molar-refractivity contribution is -0.384. The molecule has 2 heterocycles. The minimum absolute atomic E-state index is 0. The van der Waals surface area contributed by atoms with Crippen LogP contribution in [0.15, 0.2) is 41.1 Å². The molecule has 0 aliphatic rings. The van der Waals surface area contributed by atoms with E-state index in [2.05, 4.69) is 22.6 Å². The van der Waals surface area contributed by atoms with Crippen LogP contribution in [0.25, 0.3) is 22.4 Å². The molecule has 26 heavy (non-hydrogen) atoms. The van der Waals surface area contributed by atoms with Gasteiger partial charge in [0.15, 0.2) is 0 Å². The molecule has 9 heteroatoms. The average molecular weight is 384 g/mol. The molecule has 3 aromatic rings. The van der Waals surface area contributed by atoms with Crippen molar-refractivity contribution in [1.82, 2.24) is 9.97 Å². The van der Waals surface area contributed by atoms with Crippen LogP contribution >= 0.6 is 11.6 Å². The van der Waals surface area contributed by atoms with Crippen molar-refractivity contribution in [3.63, 3.8) is 0 Å². The second-order valence-corrected chi connectivity index (χ2v) is 5.23. The Labute approximate surface area is 157 Å². The standard InChI is InChI=1S/C12H6ClN3O3.C4H10O.CH5N.H2/c13-11-9-5-10(19-12(9)15-6-14-11)7-1-3-8(4-2-7)16(17)18;1-2-3-4-5;1-2;/h1-6H;5H,2-4H2,1H3;2H2,1H3;1H/i;;;1+1. The Morgan fingerprint density at radius 3 is 2.42 bits per heavy atom. The molecule has 0 atom stereocenters. The van der Waals surface area contributed by atoms with Gasteiger partial charge in [0, 0.05) is 25.7 Å². The van der Waals surface area contributed by atoms with Crippen molar-refractivity contribution >= 4 is 28.4 Å². The number of rotatable bonds is 4. The molecule has 0 fully saturated rings. The number of aliphatic hydroxyl groups is 1. The second-order valence-electron chi connectivity index (χ2n) is 4.88. The number of hydrogen-bond acceptors (Lipinski definition) is 7. The fourth-order valence-electron chi connectivity index (χ4n) is 1.87. The summed E-state index contributed by atoms with van der Waals surface area (Å²) in [5, 5.41) is 19.6. The van der Waals surface area contributed by atoms with Crippen LogP contribution in [-0.2, 0) is 0 Å². The van der Waals surface area contributed by atoms with Crippen LogP contribution in [0, 0.1) is 10.1 Å². The summed E-state index contributed by atoms with van der Waals surface area (Å²) >= 11 is 5.92. The highest BCUT2D eigenvalue weighted by molar-refractivity contribution is 6.33. The maximum absolute atomic E-state index is 10.6. The van der Waals surface area contributed by atoms with Crippen LogP contribution in [0.1, 0.15) is 21.2 Å². The zero-order valence-corrected chi connectivity index (χ0v) is 15.3. The maximum Gasteiger partial charge on any atom is 0.269 e. The number of fused-ring (bicyclic) bond motifs is 1. The second kappa shape index (κ2) is 11.1. The quantitative estimate of drug-likeness (QED) is 0.395. The van der Waals surface area contributed by atoms with Gasteiger partial charge in [-0.05, 0) is 31.7 Å². The number of furan rings is 1. The van der Waals surface area contributed by atoms with Gasteiger partial charge in [0.1, 0.15) is 17.2 Å². The van der Waals surface area contributed by atoms with Gasteiger partial charge in [0.25, 0.3) is 5.69 Å². The summed E-state index contributed by atoms with van der Waals surface area (Å²) in [7, 11) is 1.50. The SMILES string of the molecule is CCCCO.CN.O=[N+]([O-])c1ccc(-c2cc3c(Cl)ncnc3o2)cc1.[2HH]. The topological polar surface area (TPSA) is 128 Å². The van der Waals surface area contributed by atoms with Gasteiger partial charge in [-0.15, -0.1) is 0 Å². The number of nitrogens with zero attached hydrogens (tertiary/aromatic N) is 3. The molecule has 0 aliphatic carbocycles. The zero-order valence-electron chi connectivity index (χ0n) is 14.6. The van der Waals surface area contributed by atoms with E-state index in [1.54, 1.807) is 18.2 Å². The fourth-order valence-corrected chi connectivity index (χ4v) is 2.05. The number of aliphatic hydroxyl groups excluding tert-OH is 1. The maximum atomic E-state index is 10.6. The molecule has 142 valence electrons. The van der Waals surface area contributed by atoms with E-state index < -0.39 is 4.92 Å². The van der Waals surface area contributed by atoms with Gasteiger partial charge in [-0.3, -0.25) is 10.1 Å². The molecule has 0 spiro atoms. The van der Waals surface area contributed by atoms with Crippen molar-refractivity contribution in [3.8, 4) is 11.3 Å². The van der Waals surface area contributed by atoms with Gasteiger partial charge < -0.3 is 15.3 Å². The number of benzene rings is 1. The van der Waals surface area contributed by atoms with E-state index in [-0.39, 0.29) is 7.11 Å². The van der Waals surface area contributed by atoms with E-state index in [1.807, 2.05) is 0 Å². The molecule has 8 nitrogen and oxygen atoms in total. The monoisotopic (exact) mass is 383 g/mol. The van der Waals surface area contributed by atoms with Crippen LogP contribution in [0.4, 0.5) is 5.69 Å². The molecule has 0 bridgehead atoms. The van der Waals surface area contributed by atoms with Crippen molar-refractivity contribution in [2.24, 2.45) is 5.73 Å². The third-order valence-corrected chi connectivity index (χ3v) is 3.46. The number of non-ortho nitro benzene ring substituents is 1. The lowest BCUT2D eigenvalue weighted by atomic mass is 10.1. The van der Waals surface area contributed by atoms with Gasteiger partial charge >= 0.3 is 0 Å². The Kier molecular flexibility index (Phi) is 9.21. The fraction of sp³-hybridized carbons (Fsp3) is 0.294. The largest absolute Gasteiger partial charge is 0.438 e. The molecule has 0 saturated heterocycles. The van der Waals surface area contributed by atoms with E-state index in [4.69, 9.17) is 21.1 Å². The summed E-state index contributed by atoms with van der Waals surface area (Å²) < 4.78 is 5.53. The first kappa shape index (κ1) is 21.5. The lowest BCUT2D eigenvalue weighted by Crippen LogP contribution is -1.86. The van der Waals surface area contributed by atoms with Crippen LogP contribution < -0.4 is 5.73 Å². The number of nitro groups is 1. The third-order valence-electron chi connectivity index (χ3n) is 3.16. The molecule has 0 saturated carbocycles. The van der Waals surface area contributed by atoms with Crippen LogP contribution in [-0.4, -0.2) is 33.7 Å². The summed E-state index contributed by atoms with van der Waals surface area (Å²) in [6, 6.07) is 7.75. The zero-order chi connectivity index (χ0) is 19.5. The van der Waals surface area contributed by atoms with Crippen molar-refractivity contribution in [1.29, 1.82) is 0 Å². The number of nitro benzene ring substituents is 1. The molecule has 2 aromatic heterocycles. The van der Waals surface area contributed by atoms with Crippen molar-refractivity contribution in [2.75, 3.05) is 13.7 Å². The van der Waals surface area contributed by atoms with Gasteiger partial charge in [-0.2, -0.15) is 0 Å². The minimum atomic E-state index is -0.454. The Morgan fingerprint density at radius 2 is 1.96 bits per heavy atom. The summed E-state index contributed by atoms with van der Waals surface area (Å²) in [4.78, 5) is 17.9. The Bertz CT molecular complexity index is 825. The Hall–Kier alpha value is -2.55. The van der Waals surface area contributed by atoms with Crippen molar-refractivity contribution in [2.45, 2.75) is 19.8 Å². The normalized spacial score (nSPS) is 9.73. The predicted octanol–water partition coefficient (Wildman–Crippen LogP) is 4.05. The van der Waals surface area contributed by atoms with E-state index in [9.17, 15) is 10.1 Å². The highest BCUT2D eigenvalue weighted by Crippen LogP contribution is 2.30. The summed E-state index contributed by atoms with van der Waals surface area (Å²) in [5.41, 5.74) is 5.62. The summed E-state index contributed by atoms with van der Waals surface area (Å²) in [5.74, 6) is 0.535. The number of halogens is 1. The van der Waals surface area contributed by atoms with Gasteiger partial charge in [0.05, 0.1) is 10.3 Å². The molecule has 3 N–H and O–H groups in total. The summed E-state index contributed by atoms with van der Waals surface area (Å²) in [6.45, 7) is 2.40. The first-order valence-electron chi connectivity index (χ1n) is 7.90. The van der Waals surface area contributed by atoms with Crippen molar-refractivity contribution < 1.29 is 15.9 Å². The Balaban J connectivity index is 0.000000740. The molecule has 0 amide bonds. The molecule has 0 radical (unpaired) electrons. The van der Waals surface area contributed by atoms with E-state index >= 15 is 0 Å². The first-order valence-corrected chi connectivity index (χ1v) is 8.28. The lowest BCUT2D eigenvalue weighted by Gasteiger charge is -1.95. The molecule has 3 rings (SSSR count). The van der Waals surface area contributed by atoms with E-state index in [0.717, 1.165) is 12.8 Å². The summed E-state index contributed by atoms with van der Waals surface area (Å²) in [6.07, 6.45) is 3.35. The predicted molar refractivity (Wildman–Crippen MR) is 103 cm³/mol.